The fraction of sp³-hybridized carbons (Fsp3) is 0.391. The summed E-state index contributed by atoms with van der Waals surface area (Å²) in [5.74, 6) is -0.855. The van der Waals surface area contributed by atoms with Crippen molar-refractivity contribution in [3.05, 3.63) is 71.5 Å². The van der Waals surface area contributed by atoms with Crippen molar-refractivity contribution in [3.63, 3.8) is 0 Å². The highest BCUT2D eigenvalue weighted by Crippen LogP contribution is 2.22. The summed E-state index contributed by atoms with van der Waals surface area (Å²) in [6, 6.07) is 14.8. The number of carbonyl (C=O) groups is 2. The largest absolute Gasteiger partial charge is 0.394 e. The monoisotopic (exact) mass is 414 g/mol. The third kappa shape index (κ3) is 6.37. The van der Waals surface area contributed by atoms with Crippen molar-refractivity contribution in [2.24, 2.45) is 0 Å². The number of benzene rings is 2. The maximum atomic E-state index is 13.0. The van der Waals surface area contributed by atoms with E-state index in [0.29, 0.717) is 24.9 Å². The Morgan fingerprint density at radius 2 is 1.80 bits per heavy atom. The lowest BCUT2D eigenvalue weighted by Gasteiger charge is -2.36. The molecular weight excluding hydrogens is 387 g/mol. The van der Waals surface area contributed by atoms with E-state index in [1.54, 1.807) is 0 Å². The van der Waals surface area contributed by atoms with Gasteiger partial charge < -0.3 is 20.5 Å². The van der Waals surface area contributed by atoms with Crippen LogP contribution in [0, 0.1) is 5.82 Å². The number of aliphatic hydroxyl groups is 1. The van der Waals surface area contributed by atoms with Gasteiger partial charge in [0.05, 0.1) is 25.2 Å². The van der Waals surface area contributed by atoms with Crippen molar-refractivity contribution in [2.75, 3.05) is 13.2 Å². The third-order valence-electron chi connectivity index (χ3n) is 5.21. The lowest BCUT2D eigenvalue weighted by atomic mass is 9.96. The molecule has 1 fully saturated rings. The molecule has 3 rings (SSSR count). The molecule has 0 spiro atoms. The highest BCUT2D eigenvalue weighted by molar-refractivity contribution is 5.94. The number of hydrogen-bond donors (Lipinski definition) is 3. The van der Waals surface area contributed by atoms with E-state index in [1.807, 2.05) is 30.3 Å². The highest BCUT2D eigenvalue weighted by atomic mass is 19.1. The zero-order valence-electron chi connectivity index (χ0n) is 16.7. The first-order valence-electron chi connectivity index (χ1n) is 10.2. The zero-order chi connectivity index (χ0) is 21.3. The van der Waals surface area contributed by atoms with Gasteiger partial charge in [-0.15, -0.1) is 0 Å². The quantitative estimate of drug-likeness (QED) is 0.618. The van der Waals surface area contributed by atoms with E-state index in [0.717, 1.165) is 12.0 Å². The molecule has 1 aliphatic heterocycles. The second-order valence-electron chi connectivity index (χ2n) is 7.43. The van der Waals surface area contributed by atoms with Crippen molar-refractivity contribution in [1.29, 1.82) is 0 Å². The fourth-order valence-electron chi connectivity index (χ4n) is 3.57. The first kappa shape index (κ1) is 21.9. The summed E-state index contributed by atoms with van der Waals surface area (Å²) in [7, 11) is 0. The number of halogens is 1. The van der Waals surface area contributed by atoms with Crippen LogP contribution in [0.2, 0.25) is 0 Å². The van der Waals surface area contributed by atoms with Gasteiger partial charge in [0.15, 0.2) is 0 Å². The van der Waals surface area contributed by atoms with E-state index in [2.05, 4.69) is 10.6 Å². The Balaban J connectivity index is 1.43. The first-order chi connectivity index (χ1) is 14.5. The van der Waals surface area contributed by atoms with E-state index in [1.165, 1.54) is 24.3 Å². The van der Waals surface area contributed by atoms with Crippen LogP contribution in [0.25, 0.3) is 0 Å². The van der Waals surface area contributed by atoms with Crippen LogP contribution < -0.4 is 10.6 Å². The molecule has 7 heteroatoms. The summed E-state index contributed by atoms with van der Waals surface area (Å²) in [6.45, 7) is 0.288. The Morgan fingerprint density at radius 1 is 1.07 bits per heavy atom. The minimum absolute atomic E-state index is 0.0959. The second-order valence-corrected chi connectivity index (χ2v) is 7.43. The number of carbonyl (C=O) groups excluding carboxylic acids is 2. The number of hydrogen-bond acceptors (Lipinski definition) is 4. The summed E-state index contributed by atoms with van der Waals surface area (Å²) in [4.78, 5) is 24.6. The van der Waals surface area contributed by atoms with Gasteiger partial charge in [0.2, 0.25) is 5.91 Å². The lowest BCUT2D eigenvalue weighted by molar-refractivity contribution is -0.130. The predicted octanol–water partition coefficient (Wildman–Crippen LogP) is 2.21. The van der Waals surface area contributed by atoms with Crippen LogP contribution in [0.15, 0.2) is 54.6 Å². The van der Waals surface area contributed by atoms with Crippen molar-refractivity contribution >= 4 is 11.8 Å². The molecule has 160 valence electrons. The van der Waals surface area contributed by atoms with Gasteiger partial charge in [-0.1, -0.05) is 30.3 Å². The minimum atomic E-state index is -0.592. The van der Waals surface area contributed by atoms with Gasteiger partial charge in [0.1, 0.15) is 11.9 Å². The Labute approximate surface area is 175 Å². The fourth-order valence-corrected chi connectivity index (χ4v) is 3.57. The topological polar surface area (TPSA) is 87.7 Å². The standard InChI is InChI=1S/C23H27FN2O4/c24-18-8-6-17(7-9-18)23(29)26-20-11-10-19(30-21(20)15-27)14-22(28)25-13-12-16-4-2-1-3-5-16/h1-9,19-21,27H,10-15H2,(H,25,28)(H,26,29)/t19-,20+,21+/m0/s1. The predicted molar refractivity (Wildman–Crippen MR) is 110 cm³/mol. The molecule has 1 aliphatic rings. The van der Waals surface area contributed by atoms with Gasteiger partial charge in [-0.25, -0.2) is 4.39 Å². The zero-order valence-corrected chi connectivity index (χ0v) is 16.7. The summed E-state index contributed by atoms with van der Waals surface area (Å²) >= 11 is 0. The number of aliphatic hydroxyl groups excluding tert-OH is 1. The molecule has 0 aliphatic carbocycles. The van der Waals surface area contributed by atoms with Crippen molar-refractivity contribution < 1.29 is 23.8 Å². The lowest BCUT2D eigenvalue weighted by Crippen LogP contribution is -2.51. The van der Waals surface area contributed by atoms with Gasteiger partial charge in [0.25, 0.3) is 5.91 Å². The number of amides is 2. The first-order valence-corrected chi connectivity index (χ1v) is 10.2. The van der Waals surface area contributed by atoms with Crippen LogP contribution in [-0.2, 0) is 16.0 Å². The summed E-state index contributed by atoms with van der Waals surface area (Å²) < 4.78 is 18.9. The molecule has 30 heavy (non-hydrogen) atoms. The van der Waals surface area contributed by atoms with Crippen LogP contribution in [0.1, 0.15) is 35.2 Å². The number of nitrogens with one attached hydrogen (secondary N) is 2. The normalized spacial score (nSPS) is 21.1. The SMILES string of the molecule is O=C(C[C@@H]1CC[C@@H](NC(=O)c2ccc(F)cc2)[C@@H](CO)O1)NCCc1ccccc1. The molecule has 0 aromatic heterocycles. The summed E-state index contributed by atoms with van der Waals surface area (Å²) in [6.07, 6.45) is 1.25. The van der Waals surface area contributed by atoms with Crippen molar-refractivity contribution in [2.45, 2.75) is 43.9 Å². The minimum Gasteiger partial charge on any atom is -0.394 e. The third-order valence-corrected chi connectivity index (χ3v) is 5.21. The maximum absolute atomic E-state index is 13.0. The molecule has 0 radical (unpaired) electrons. The Kier molecular flexibility index (Phi) is 7.93. The van der Waals surface area contributed by atoms with Crippen LogP contribution in [0.4, 0.5) is 4.39 Å². The average Bonchev–Trinajstić information content (AvgIpc) is 2.76. The summed E-state index contributed by atoms with van der Waals surface area (Å²) in [5.41, 5.74) is 1.50. The van der Waals surface area contributed by atoms with E-state index in [-0.39, 0.29) is 37.0 Å². The average molecular weight is 414 g/mol. The summed E-state index contributed by atoms with van der Waals surface area (Å²) in [5, 5.41) is 15.4. The van der Waals surface area contributed by atoms with Gasteiger partial charge in [-0.2, -0.15) is 0 Å². The molecule has 1 saturated heterocycles. The van der Waals surface area contributed by atoms with Crippen LogP contribution in [0.3, 0.4) is 0 Å². The Morgan fingerprint density at radius 3 is 2.50 bits per heavy atom. The second kappa shape index (κ2) is 10.8. The molecule has 1 heterocycles. The van der Waals surface area contributed by atoms with Crippen LogP contribution >= 0.6 is 0 Å². The molecular formula is C23H27FN2O4. The van der Waals surface area contributed by atoms with Gasteiger partial charge in [0, 0.05) is 12.1 Å². The van der Waals surface area contributed by atoms with Gasteiger partial charge in [-0.05, 0) is 49.1 Å². The molecule has 0 unspecified atom stereocenters. The van der Waals surface area contributed by atoms with Crippen molar-refractivity contribution in [1.82, 2.24) is 10.6 Å². The van der Waals surface area contributed by atoms with Crippen LogP contribution in [-0.4, -0.2) is 48.3 Å². The van der Waals surface area contributed by atoms with Gasteiger partial charge in [-0.3, -0.25) is 9.59 Å². The highest BCUT2D eigenvalue weighted by Gasteiger charge is 2.33. The molecule has 2 aromatic rings. The van der Waals surface area contributed by atoms with Gasteiger partial charge >= 0.3 is 0 Å². The Bertz CT molecular complexity index is 829. The number of ether oxygens (including phenoxy) is 1. The van der Waals surface area contributed by atoms with Crippen LogP contribution in [0.5, 0.6) is 0 Å². The van der Waals surface area contributed by atoms with Crippen molar-refractivity contribution in [3.8, 4) is 0 Å². The molecule has 3 atom stereocenters. The molecule has 3 N–H and O–H groups in total. The smallest absolute Gasteiger partial charge is 0.251 e. The molecule has 0 bridgehead atoms. The number of rotatable bonds is 8. The maximum Gasteiger partial charge on any atom is 0.251 e. The molecule has 0 saturated carbocycles. The van der Waals surface area contributed by atoms with E-state index < -0.39 is 11.9 Å². The molecule has 6 nitrogen and oxygen atoms in total. The van der Waals surface area contributed by atoms with E-state index in [4.69, 9.17) is 4.74 Å². The van der Waals surface area contributed by atoms with E-state index in [9.17, 15) is 19.1 Å². The molecule has 2 amide bonds. The molecule has 2 aromatic carbocycles. The van der Waals surface area contributed by atoms with E-state index >= 15 is 0 Å². The Hall–Kier alpha value is -2.77.